The maximum Gasteiger partial charge on any atom is 0.246 e. The summed E-state index contributed by atoms with van der Waals surface area (Å²) < 4.78 is 14.5. The molecule has 2 aromatic carbocycles. The lowest BCUT2D eigenvalue weighted by molar-refractivity contribution is -0.116. The van der Waals surface area contributed by atoms with Gasteiger partial charge in [-0.15, -0.1) is 5.10 Å². The molecule has 10 heteroatoms. The number of carbonyl (C=O) groups is 1. The van der Waals surface area contributed by atoms with E-state index >= 15 is 0 Å². The highest BCUT2D eigenvalue weighted by atomic mass is 35.5. The van der Waals surface area contributed by atoms with Gasteiger partial charge in [-0.25, -0.2) is 9.07 Å². The molecule has 4 aromatic rings. The molecule has 1 amide bonds. The number of benzene rings is 2. The highest BCUT2D eigenvalue weighted by Gasteiger charge is 2.20. The molecular formula is C24H23ClFN7O. The summed E-state index contributed by atoms with van der Waals surface area (Å²) in [5.74, 6) is -0.596. The first kappa shape index (κ1) is 22.2. The van der Waals surface area contributed by atoms with Crippen LogP contribution >= 0.6 is 11.6 Å². The number of pyridine rings is 1. The number of anilines is 2. The summed E-state index contributed by atoms with van der Waals surface area (Å²) in [6, 6.07) is 13.5. The topological polar surface area (TPSA) is 79.2 Å². The van der Waals surface area contributed by atoms with E-state index in [9.17, 15) is 9.18 Å². The molecule has 174 valence electrons. The summed E-state index contributed by atoms with van der Waals surface area (Å²) in [5.41, 5.74) is 3.41. The molecule has 34 heavy (non-hydrogen) atoms. The van der Waals surface area contributed by atoms with E-state index < -0.39 is 0 Å². The maximum atomic E-state index is 13.0. The summed E-state index contributed by atoms with van der Waals surface area (Å²) in [7, 11) is 0. The molecule has 0 spiro atoms. The van der Waals surface area contributed by atoms with Crippen LogP contribution in [0.1, 0.15) is 5.69 Å². The minimum Gasteiger partial charge on any atom is -0.368 e. The molecule has 0 bridgehead atoms. The first-order valence-corrected chi connectivity index (χ1v) is 11.4. The Kier molecular flexibility index (Phi) is 6.37. The van der Waals surface area contributed by atoms with Gasteiger partial charge in [0, 0.05) is 60.7 Å². The third-order valence-corrected chi connectivity index (χ3v) is 6.04. The number of aromatic nitrogens is 4. The summed E-state index contributed by atoms with van der Waals surface area (Å²) in [4.78, 5) is 21.4. The number of nitrogens with zero attached hydrogens (tertiary/aromatic N) is 6. The van der Waals surface area contributed by atoms with E-state index in [2.05, 4.69) is 36.5 Å². The SMILES string of the molecule is O=C(Cn1cc(CN2CCN(c3ccnc4cc(Cl)ccc34)CC2)nn1)Nc1ccc(F)cc1. The van der Waals surface area contributed by atoms with Gasteiger partial charge in [0.05, 0.1) is 17.4 Å². The first-order chi connectivity index (χ1) is 16.5. The molecule has 1 fully saturated rings. The smallest absolute Gasteiger partial charge is 0.246 e. The maximum absolute atomic E-state index is 13.0. The Balaban J connectivity index is 1.15. The van der Waals surface area contributed by atoms with Crippen LogP contribution in [0, 0.1) is 5.82 Å². The molecule has 8 nitrogen and oxygen atoms in total. The minimum atomic E-state index is -0.348. The average molecular weight is 480 g/mol. The zero-order chi connectivity index (χ0) is 23.5. The molecule has 1 aliphatic rings. The Morgan fingerprint density at radius 2 is 1.85 bits per heavy atom. The molecule has 0 radical (unpaired) electrons. The fourth-order valence-electron chi connectivity index (χ4n) is 4.13. The Hall–Kier alpha value is -3.56. The molecule has 0 saturated carbocycles. The van der Waals surface area contributed by atoms with Crippen molar-refractivity contribution in [2.75, 3.05) is 36.4 Å². The fourth-order valence-corrected chi connectivity index (χ4v) is 4.29. The number of fused-ring (bicyclic) bond motifs is 1. The second-order valence-electron chi connectivity index (χ2n) is 8.22. The molecule has 1 saturated heterocycles. The number of amides is 1. The van der Waals surface area contributed by atoms with Crippen LogP contribution in [0.25, 0.3) is 10.9 Å². The van der Waals surface area contributed by atoms with Crippen LogP contribution in [0.2, 0.25) is 5.02 Å². The molecule has 2 aromatic heterocycles. The Bertz CT molecular complexity index is 1300. The molecule has 3 heterocycles. The molecule has 0 unspecified atom stereocenters. The lowest BCUT2D eigenvalue weighted by atomic mass is 10.1. The number of halogens is 2. The number of rotatable bonds is 6. The van der Waals surface area contributed by atoms with E-state index in [0.717, 1.165) is 42.8 Å². The number of hydrogen-bond acceptors (Lipinski definition) is 6. The summed E-state index contributed by atoms with van der Waals surface area (Å²) >= 11 is 6.12. The van der Waals surface area contributed by atoms with Crippen LogP contribution < -0.4 is 10.2 Å². The molecule has 1 aliphatic heterocycles. The Labute approximate surface area is 200 Å². The summed E-state index contributed by atoms with van der Waals surface area (Å²) in [6.45, 7) is 4.24. The quantitative estimate of drug-likeness (QED) is 0.455. The fraction of sp³-hybridized carbons (Fsp3) is 0.250. The lowest BCUT2D eigenvalue weighted by Gasteiger charge is -2.36. The normalized spacial score (nSPS) is 14.5. The van der Waals surface area contributed by atoms with Crippen LogP contribution in [-0.4, -0.2) is 57.0 Å². The van der Waals surface area contributed by atoms with Crippen molar-refractivity contribution in [3.8, 4) is 0 Å². The van der Waals surface area contributed by atoms with Crippen molar-refractivity contribution < 1.29 is 9.18 Å². The molecule has 0 aliphatic carbocycles. The molecule has 0 atom stereocenters. The second kappa shape index (κ2) is 9.74. The zero-order valence-corrected chi connectivity index (χ0v) is 19.1. The van der Waals surface area contributed by atoms with E-state index in [4.69, 9.17) is 11.6 Å². The lowest BCUT2D eigenvalue weighted by Crippen LogP contribution is -2.46. The zero-order valence-electron chi connectivity index (χ0n) is 18.4. The number of carbonyl (C=O) groups excluding carboxylic acids is 1. The Morgan fingerprint density at radius 3 is 2.65 bits per heavy atom. The van der Waals surface area contributed by atoms with Crippen LogP contribution in [0.4, 0.5) is 15.8 Å². The van der Waals surface area contributed by atoms with Crippen LogP contribution in [0.15, 0.2) is 60.9 Å². The average Bonchev–Trinajstić information content (AvgIpc) is 3.27. The van der Waals surface area contributed by atoms with Gasteiger partial charge in [-0.05, 0) is 48.5 Å². The third kappa shape index (κ3) is 5.16. The highest BCUT2D eigenvalue weighted by molar-refractivity contribution is 6.31. The van der Waals surface area contributed by atoms with Gasteiger partial charge in [0.25, 0.3) is 0 Å². The van der Waals surface area contributed by atoms with Crippen LogP contribution in [-0.2, 0) is 17.9 Å². The van der Waals surface area contributed by atoms with Crippen LogP contribution in [0.3, 0.4) is 0 Å². The van der Waals surface area contributed by atoms with Crippen molar-refractivity contribution in [3.05, 3.63) is 77.5 Å². The van der Waals surface area contributed by atoms with Crippen molar-refractivity contribution in [3.63, 3.8) is 0 Å². The predicted octanol–water partition coefficient (Wildman–Crippen LogP) is 3.58. The largest absolute Gasteiger partial charge is 0.368 e. The van der Waals surface area contributed by atoms with E-state index in [1.165, 1.54) is 34.6 Å². The monoisotopic (exact) mass is 479 g/mol. The van der Waals surface area contributed by atoms with Gasteiger partial charge >= 0.3 is 0 Å². The van der Waals surface area contributed by atoms with Crippen molar-refractivity contribution >= 4 is 39.8 Å². The first-order valence-electron chi connectivity index (χ1n) is 11.0. The standard InChI is InChI=1S/C24H23ClFN7O/c25-17-1-6-21-22(13-17)27-8-7-23(21)32-11-9-31(10-12-32)14-20-15-33(30-29-20)16-24(34)28-19-4-2-18(26)3-5-19/h1-8,13,15H,9-12,14,16H2,(H,28,34). The minimum absolute atomic E-state index is 0.0390. The second-order valence-corrected chi connectivity index (χ2v) is 8.65. The number of piperazine rings is 1. The molecule has 1 N–H and O–H groups in total. The van der Waals surface area contributed by atoms with Crippen molar-refractivity contribution in [2.24, 2.45) is 0 Å². The number of hydrogen-bond donors (Lipinski definition) is 1. The van der Waals surface area contributed by atoms with Gasteiger partial charge in [0.1, 0.15) is 12.4 Å². The highest BCUT2D eigenvalue weighted by Crippen LogP contribution is 2.28. The van der Waals surface area contributed by atoms with Gasteiger partial charge in [-0.1, -0.05) is 16.8 Å². The molecular weight excluding hydrogens is 457 g/mol. The molecule has 5 rings (SSSR count). The van der Waals surface area contributed by atoms with E-state index in [1.54, 1.807) is 6.20 Å². The van der Waals surface area contributed by atoms with E-state index in [-0.39, 0.29) is 18.3 Å². The van der Waals surface area contributed by atoms with Gasteiger partial charge in [-0.3, -0.25) is 14.7 Å². The van der Waals surface area contributed by atoms with Gasteiger partial charge < -0.3 is 10.2 Å². The Morgan fingerprint density at radius 1 is 1.06 bits per heavy atom. The van der Waals surface area contributed by atoms with Gasteiger partial charge in [-0.2, -0.15) is 0 Å². The van der Waals surface area contributed by atoms with Crippen LogP contribution in [0.5, 0.6) is 0 Å². The van der Waals surface area contributed by atoms with E-state index in [1.807, 2.05) is 24.4 Å². The third-order valence-electron chi connectivity index (χ3n) is 5.80. The van der Waals surface area contributed by atoms with Gasteiger partial charge in [0.2, 0.25) is 5.91 Å². The van der Waals surface area contributed by atoms with E-state index in [0.29, 0.717) is 17.3 Å². The summed E-state index contributed by atoms with van der Waals surface area (Å²) in [6.07, 6.45) is 3.61. The summed E-state index contributed by atoms with van der Waals surface area (Å²) in [5, 5.41) is 12.8. The number of nitrogens with one attached hydrogen (secondary N) is 1. The predicted molar refractivity (Wildman–Crippen MR) is 129 cm³/mol. The van der Waals surface area contributed by atoms with Gasteiger partial charge in [0.15, 0.2) is 0 Å². The van der Waals surface area contributed by atoms with Crippen molar-refractivity contribution in [1.82, 2.24) is 24.9 Å². The van der Waals surface area contributed by atoms with Crippen molar-refractivity contribution in [2.45, 2.75) is 13.1 Å². The van der Waals surface area contributed by atoms with Crippen molar-refractivity contribution in [1.29, 1.82) is 0 Å².